The highest BCUT2D eigenvalue weighted by Gasteiger charge is 2.30. The Labute approximate surface area is 275 Å². The van der Waals surface area contributed by atoms with Gasteiger partial charge in [0.15, 0.2) is 11.5 Å². The molecule has 47 heavy (non-hydrogen) atoms. The Hall–Kier alpha value is -4.61. The van der Waals surface area contributed by atoms with Crippen molar-refractivity contribution in [2.24, 2.45) is 11.8 Å². The fraction of sp³-hybridized carbons (Fsp3) is 0.514. The van der Waals surface area contributed by atoms with Gasteiger partial charge >= 0.3 is 0 Å². The van der Waals surface area contributed by atoms with Crippen molar-refractivity contribution in [2.45, 2.75) is 84.2 Å². The summed E-state index contributed by atoms with van der Waals surface area (Å²) in [6, 6.07) is 5.74. The van der Waals surface area contributed by atoms with Gasteiger partial charge in [-0.1, -0.05) is 45.6 Å². The number of aryl methyl sites for hydroxylation is 2. The molecule has 252 valence electrons. The minimum atomic E-state index is -0.761. The van der Waals surface area contributed by atoms with E-state index in [1.54, 1.807) is 27.4 Å². The Kier molecular flexibility index (Phi) is 10.7. The van der Waals surface area contributed by atoms with E-state index in [0.717, 1.165) is 35.7 Å². The number of fused-ring (bicyclic) bond motifs is 3. The molecule has 12 heteroatoms. The first-order chi connectivity index (χ1) is 22.6. The van der Waals surface area contributed by atoms with Gasteiger partial charge < -0.3 is 24.8 Å². The Bertz CT molecular complexity index is 1660. The number of aromatic amines is 1. The van der Waals surface area contributed by atoms with Gasteiger partial charge in [0.05, 0.1) is 33.1 Å². The maximum Gasteiger partial charge on any atom is 0.249 e. The summed E-state index contributed by atoms with van der Waals surface area (Å²) < 4.78 is 17.2. The second-order valence-corrected chi connectivity index (χ2v) is 12.7. The van der Waals surface area contributed by atoms with Crippen molar-refractivity contribution < 1.29 is 23.8 Å². The number of nitrogens with zero attached hydrogens (tertiary/aromatic N) is 2. The third-order valence-corrected chi connectivity index (χ3v) is 9.21. The number of ether oxygens (including phenoxy) is 3. The van der Waals surface area contributed by atoms with Crippen LogP contribution in [0.2, 0.25) is 0 Å². The summed E-state index contributed by atoms with van der Waals surface area (Å²) in [5.41, 5.74) is 2.93. The van der Waals surface area contributed by atoms with Crippen molar-refractivity contribution in [1.82, 2.24) is 20.5 Å². The van der Waals surface area contributed by atoms with Crippen molar-refractivity contribution in [1.29, 1.82) is 0 Å². The lowest BCUT2D eigenvalue weighted by atomic mass is 9.95. The standard InChI is InChI=1S/C35H46N6O6/c1-19(2)31(34(44)39-35-38-29(40-41-35)16-11-21-9-7-8-10-21)37-26-15-13-23-24(18-27(26)43)25(36-20(3)42)14-12-22-17-28(45-4)32(46-5)33(47-6)30(22)23/h13,15,17-19,21,25,31H,7-12,14,16H2,1-6H3,(H,36,42)(H,37,43)(H2,38,39,40,41,44)/t25-,31+/m1/s1. The molecule has 0 spiro atoms. The Morgan fingerprint density at radius 3 is 2.43 bits per heavy atom. The molecule has 0 bridgehead atoms. The number of amides is 2. The number of rotatable bonds is 12. The first-order valence-corrected chi connectivity index (χ1v) is 16.4. The van der Waals surface area contributed by atoms with Crippen molar-refractivity contribution in [3.63, 3.8) is 0 Å². The molecule has 1 aromatic heterocycles. The van der Waals surface area contributed by atoms with Crippen LogP contribution in [-0.4, -0.2) is 54.4 Å². The highest BCUT2D eigenvalue weighted by molar-refractivity contribution is 5.95. The number of nitrogens with one attached hydrogen (secondary N) is 4. The molecule has 0 saturated heterocycles. The Morgan fingerprint density at radius 2 is 1.77 bits per heavy atom. The number of hydrogen-bond acceptors (Lipinski definition) is 9. The van der Waals surface area contributed by atoms with E-state index in [1.807, 2.05) is 26.0 Å². The van der Waals surface area contributed by atoms with Gasteiger partial charge in [0, 0.05) is 18.9 Å². The van der Waals surface area contributed by atoms with E-state index in [9.17, 15) is 14.4 Å². The third-order valence-electron chi connectivity index (χ3n) is 9.21. The van der Waals surface area contributed by atoms with Crippen LogP contribution in [-0.2, 0) is 22.4 Å². The number of H-pyrrole nitrogens is 1. The van der Waals surface area contributed by atoms with E-state index >= 15 is 0 Å². The summed E-state index contributed by atoms with van der Waals surface area (Å²) in [4.78, 5) is 44.1. The molecule has 2 atom stereocenters. The maximum absolute atomic E-state index is 13.8. The predicted octanol–water partition coefficient (Wildman–Crippen LogP) is 5.18. The minimum absolute atomic E-state index is 0.178. The summed E-state index contributed by atoms with van der Waals surface area (Å²) in [7, 11) is 4.66. The molecule has 5 rings (SSSR count). The zero-order valence-electron chi connectivity index (χ0n) is 28.1. The molecule has 4 N–H and O–H groups in total. The van der Waals surface area contributed by atoms with E-state index < -0.39 is 12.1 Å². The summed E-state index contributed by atoms with van der Waals surface area (Å²) in [5, 5.41) is 16.2. The van der Waals surface area contributed by atoms with Gasteiger partial charge in [0.25, 0.3) is 0 Å². The zero-order valence-corrected chi connectivity index (χ0v) is 28.1. The number of anilines is 2. The van der Waals surface area contributed by atoms with Gasteiger partial charge in [0.1, 0.15) is 11.9 Å². The van der Waals surface area contributed by atoms with Crippen molar-refractivity contribution in [3.8, 4) is 28.4 Å². The van der Waals surface area contributed by atoms with Crippen LogP contribution >= 0.6 is 0 Å². The highest BCUT2D eigenvalue weighted by Crippen LogP contribution is 2.50. The van der Waals surface area contributed by atoms with Gasteiger partial charge in [-0.3, -0.25) is 24.8 Å². The Morgan fingerprint density at radius 1 is 1.02 bits per heavy atom. The van der Waals surface area contributed by atoms with Crippen LogP contribution in [0, 0.1) is 11.8 Å². The lowest BCUT2D eigenvalue weighted by molar-refractivity contribution is -0.120. The molecule has 0 aliphatic heterocycles. The molecule has 3 aromatic rings. The van der Waals surface area contributed by atoms with Crippen molar-refractivity contribution >= 4 is 23.5 Å². The smallest absolute Gasteiger partial charge is 0.249 e. The molecule has 2 amide bonds. The number of benzene rings is 1. The first kappa shape index (κ1) is 33.7. The van der Waals surface area contributed by atoms with Crippen LogP contribution in [0.15, 0.2) is 29.1 Å². The first-order valence-electron chi connectivity index (χ1n) is 16.4. The van der Waals surface area contributed by atoms with E-state index in [2.05, 4.69) is 31.1 Å². The summed E-state index contributed by atoms with van der Waals surface area (Å²) in [6.07, 6.45) is 8.09. The molecular weight excluding hydrogens is 600 g/mol. The number of hydrogen-bond donors (Lipinski definition) is 4. The molecule has 1 heterocycles. The molecule has 2 aliphatic carbocycles. The molecule has 12 nitrogen and oxygen atoms in total. The maximum atomic E-state index is 13.8. The summed E-state index contributed by atoms with van der Waals surface area (Å²) in [5.74, 6) is 2.36. The number of methoxy groups -OCH3 is 3. The molecule has 2 aromatic carbocycles. The van der Waals surface area contributed by atoms with Gasteiger partial charge in [-0.2, -0.15) is 4.98 Å². The quantitative estimate of drug-likeness (QED) is 0.208. The van der Waals surface area contributed by atoms with E-state index in [-0.39, 0.29) is 34.8 Å². The predicted molar refractivity (Wildman–Crippen MR) is 180 cm³/mol. The molecule has 1 fully saturated rings. The van der Waals surface area contributed by atoms with Gasteiger partial charge in [-0.25, -0.2) is 0 Å². The summed E-state index contributed by atoms with van der Waals surface area (Å²) in [6.45, 7) is 5.26. The molecule has 2 aliphatic rings. The fourth-order valence-electron chi connectivity index (χ4n) is 6.82. The second kappa shape index (κ2) is 14.9. The lowest BCUT2D eigenvalue weighted by Crippen LogP contribution is -2.40. The number of carbonyl (C=O) groups is 2. The van der Waals surface area contributed by atoms with Crippen LogP contribution in [0.3, 0.4) is 0 Å². The average Bonchev–Trinajstić information content (AvgIpc) is 3.67. The highest BCUT2D eigenvalue weighted by atomic mass is 16.5. The largest absolute Gasteiger partial charge is 0.493 e. The van der Waals surface area contributed by atoms with Crippen LogP contribution in [0.4, 0.5) is 11.6 Å². The Balaban J connectivity index is 1.47. The minimum Gasteiger partial charge on any atom is -0.493 e. The fourth-order valence-corrected chi connectivity index (χ4v) is 6.82. The second-order valence-electron chi connectivity index (χ2n) is 12.7. The van der Waals surface area contributed by atoms with Crippen LogP contribution in [0.1, 0.15) is 82.3 Å². The third kappa shape index (κ3) is 7.52. The van der Waals surface area contributed by atoms with Crippen LogP contribution in [0.25, 0.3) is 11.1 Å². The zero-order chi connectivity index (χ0) is 33.7. The van der Waals surface area contributed by atoms with Crippen molar-refractivity contribution in [2.75, 3.05) is 32.0 Å². The van der Waals surface area contributed by atoms with Gasteiger partial charge in [-0.05, 0) is 66.0 Å². The van der Waals surface area contributed by atoms with E-state index in [1.165, 1.54) is 38.7 Å². The van der Waals surface area contributed by atoms with E-state index in [4.69, 9.17) is 14.2 Å². The number of carbonyl (C=O) groups excluding carboxylic acids is 2. The van der Waals surface area contributed by atoms with Gasteiger partial charge in [-0.15, -0.1) is 5.10 Å². The topological polar surface area (TPSA) is 157 Å². The van der Waals surface area contributed by atoms with Crippen LogP contribution in [0.5, 0.6) is 17.2 Å². The number of aromatic nitrogens is 3. The van der Waals surface area contributed by atoms with Crippen molar-refractivity contribution in [3.05, 3.63) is 51.4 Å². The average molecular weight is 647 g/mol. The normalized spacial score (nSPS) is 16.4. The molecular formula is C35H46N6O6. The lowest BCUT2D eigenvalue weighted by Gasteiger charge is -2.21. The summed E-state index contributed by atoms with van der Waals surface area (Å²) >= 11 is 0. The monoisotopic (exact) mass is 646 g/mol. The molecule has 0 unspecified atom stereocenters. The SMILES string of the molecule is COc1cc2c(c(OC)c1OC)-c1ccc(N[C@H](C(=O)Nc3n[nH]c(CCC4CCCC4)n3)C(C)C)c(=O)cc1[C@H](NC(C)=O)CC2. The van der Waals surface area contributed by atoms with Gasteiger partial charge in [0.2, 0.25) is 28.9 Å². The molecule has 0 radical (unpaired) electrons. The van der Waals surface area contributed by atoms with Crippen LogP contribution < -0.4 is 35.6 Å². The van der Waals surface area contributed by atoms with E-state index in [0.29, 0.717) is 41.2 Å². The molecule has 1 saturated carbocycles.